The first-order valence-corrected chi connectivity index (χ1v) is 6.86. The highest BCUT2D eigenvalue weighted by Crippen LogP contribution is 2.17. The number of nitrogens with one attached hydrogen (secondary N) is 1. The van der Waals surface area contributed by atoms with Gasteiger partial charge < -0.3 is 10.1 Å². The number of carbonyl (C=O) groups is 2. The molecule has 0 atom stereocenters. The van der Waals surface area contributed by atoms with Gasteiger partial charge in [-0.3, -0.25) is 9.59 Å². The third-order valence-corrected chi connectivity index (χ3v) is 3.00. The predicted octanol–water partition coefficient (Wildman–Crippen LogP) is 2.72. The largest absolute Gasteiger partial charge is 0.426 e. The molecule has 0 radical (unpaired) electrons. The van der Waals surface area contributed by atoms with Crippen LogP contribution in [0.5, 0.6) is 5.75 Å². The first kappa shape index (κ1) is 15.7. The monoisotopic (exact) mass is 301 g/mol. The minimum absolute atomic E-state index is 0.231. The lowest BCUT2D eigenvalue weighted by atomic mass is 10.1. The quantitative estimate of drug-likeness (QED) is 0.682. The maximum Gasteiger partial charge on any atom is 0.308 e. The maximum atomic E-state index is 12.8. The van der Waals surface area contributed by atoms with Crippen molar-refractivity contribution in [3.63, 3.8) is 0 Å². The van der Waals surface area contributed by atoms with E-state index in [9.17, 15) is 14.0 Å². The number of ether oxygens (including phenoxy) is 1. The van der Waals surface area contributed by atoms with E-state index >= 15 is 0 Å². The molecule has 22 heavy (non-hydrogen) atoms. The fraction of sp³-hybridized carbons (Fsp3) is 0.176. The molecule has 114 valence electrons. The standard InChI is InChI=1S/C17H16FNO3/c1-12(20)22-16-5-3-2-4-15(16)17(21)19-11-10-13-6-8-14(18)9-7-13/h2-9H,10-11H2,1H3,(H,19,21). The molecule has 0 bridgehead atoms. The molecule has 0 aliphatic heterocycles. The van der Waals surface area contributed by atoms with E-state index in [1.165, 1.54) is 19.1 Å². The highest BCUT2D eigenvalue weighted by Gasteiger charge is 2.12. The summed E-state index contributed by atoms with van der Waals surface area (Å²) in [4.78, 5) is 23.2. The SMILES string of the molecule is CC(=O)Oc1ccccc1C(=O)NCCc1ccc(F)cc1. The predicted molar refractivity (Wildman–Crippen MR) is 80.2 cm³/mol. The Morgan fingerprint density at radius 2 is 1.77 bits per heavy atom. The van der Waals surface area contributed by atoms with Gasteiger partial charge in [-0.15, -0.1) is 0 Å². The lowest BCUT2D eigenvalue weighted by molar-refractivity contribution is -0.131. The second-order valence-electron chi connectivity index (χ2n) is 4.72. The second kappa shape index (κ2) is 7.36. The molecule has 1 N–H and O–H groups in total. The van der Waals surface area contributed by atoms with Crippen LogP contribution in [0.2, 0.25) is 0 Å². The lowest BCUT2D eigenvalue weighted by Crippen LogP contribution is -2.26. The average Bonchev–Trinajstić information content (AvgIpc) is 2.49. The highest BCUT2D eigenvalue weighted by molar-refractivity contribution is 5.97. The van der Waals surface area contributed by atoms with Crippen LogP contribution in [0.3, 0.4) is 0 Å². The number of benzene rings is 2. The lowest BCUT2D eigenvalue weighted by Gasteiger charge is -2.09. The number of halogens is 1. The molecule has 0 aromatic heterocycles. The fourth-order valence-electron chi connectivity index (χ4n) is 1.96. The molecule has 0 spiro atoms. The molecule has 0 unspecified atom stereocenters. The van der Waals surface area contributed by atoms with Gasteiger partial charge >= 0.3 is 5.97 Å². The zero-order valence-electron chi connectivity index (χ0n) is 12.1. The van der Waals surface area contributed by atoms with Crippen LogP contribution >= 0.6 is 0 Å². The van der Waals surface area contributed by atoms with Gasteiger partial charge in [0, 0.05) is 13.5 Å². The Hall–Kier alpha value is -2.69. The van der Waals surface area contributed by atoms with Crippen molar-refractivity contribution < 1.29 is 18.7 Å². The molecule has 0 aliphatic rings. The van der Waals surface area contributed by atoms with Crippen molar-refractivity contribution in [2.24, 2.45) is 0 Å². The van der Waals surface area contributed by atoms with E-state index in [-0.39, 0.29) is 17.5 Å². The van der Waals surface area contributed by atoms with Gasteiger partial charge in [-0.2, -0.15) is 0 Å². The Morgan fingerprint density at radius 3 is 2.45 bits per heavy atom. The average molecular weight is 301 g/mol. The summed E-state index contributed by atoms with van der Waals surface area (Å²) >= 11 is 0. The summed E-state index contributed by atoms with van der Waals surface area (Å²) in [6.45, 7) is 1.68. The van der Waals surface area contributed by atoms with Crippen LogP contribution in [-0.2, 0) is 11.2 Å². The Labute approximate surface area is 127 Å². The number of hydrogen-bond donors (Lipinski definition) is 1. The van der Waals surface area contributed by atoms with Crippen molar-refractivity contribution in [1.29, 1.82) is 0 Å². The van der Waals surface area contributed by atoms with Gasteiger partial charge in [-0.1, -0.05) is 24.3 Å². The zero-order chi connectivity index (χ0) is 15.9. The van der Waals surface area contributed by atoms with Crippen LogP contribution in [-0.4, -0.2) is 18.4 Å². The third-order valence-electron chi connectivity index (χ3n) is 3.00. The Balaban J connectivity index is 1.95. The maximum absolute atomic E-state index is 12.8. The molecule has 2 aromatic carbocycles. The first-order chi connectivity index (χ1) is 10.6. The van der Waals surface area contributed by atoms with Gasteiger partial charge in [0.15, 0.2) is 0 Å². The molecule has 2 rings (SSSR count). The van der Waals surface area contributed by atoms with Gasteiger partial charge in [-0.05, 0) is 36.2 Å². The molecule has 0 heterocycles. The normalized spacial score (nSPS) is 10.1. The van der Waals surface area contributed by atoms with Crippen LogP contribution in [0.25, 0.3) is 0 Å². The number of rotatable bonds is 5. The molecule has 2 aromatic rings. The van der Waals surface area contributed by atoms with Crippen molar-refractivity contribution >= 4 is 11.9 Å². The number of para-hydroxylation sites is 1. The third kappa shape index (κ3) is 4.41. The first-order valence-electron chi connectivity index (χ1n) is 6.86. The number of esters is 1. The van der Waals surface area contributed by atoms with E-state index in [1.54, 1.807) is 36.4 Å². The Morgan fingerprint density at radius 1 is 1.09 bits per heavy atom. The molecule has 4 nitrogen and oxygen atoms in total. The van der Waals surface area contributed by atoms with Crippen LogP contribution in [0.4, 0.5) is 4.39 Å². The number of hydrogen-bond acceptors (Lipinski definition) is 3. The van der Waals surface area contributed by atoms with Crippen molar-refractivity contribution in [1.82, 2.24) is 5.32 Å². The summed E-state index contributed by atoms with van der Waals surface area (Å²) in [6.07, 6.45) is 0.585. The summed E-state index contributed by atoms with van der Waals surface area (Å²) in [7, 11) is 0. The molecular formula is C17H16FNO3. The number of amides is 1. The van der Waals surface area contributed by atoms with E-state index in [4.69, 9.17) is 4.74 Å². The Bertz CT molecular complexity index is 668. The van der Waals surface area contributed by atoms with Gasteiger partial charge in [0.25, 0.3) is 5.91 Å². The summed E-state index contributed by atoms with van der Waals surface area (Å²) in [5, 5.41) is 2.75. The van der Waals surface area contributed by atoms with E-state index in [0.29, 0.717) is 18.5 Å². The molecule has 0 fully saturated rings. The minimum atomic E-state index is -0.480. The molecule has 5 heteroatoms. The van der Waals surface area contributed by atoms with Gasteiger partial charge in [0.2, 0.25) is 0 Å². The summed E-state index contributed by atoms with van der Waals surface area (Å²) in [5.41, 5.74) is 1.23. The molecule has 1 amide bonds. The fourth-order valence-corrected chi connectivity index (χ4v) is 1.96. The smallest absolute Gasteiger partial charge is 0.308 e. The van der Waals surface area contributed by atoms with Crippen LogP contribution in [0.15, 0.2) is 48.5 Å². The van der Waals surface area contributed by atoms with Crippen molar-refractivity contribution in [2.75, 3.05) is 6.54 Å². The van der Waals surface area contributed by atoms with Crippen LogP contribution in [0, 0.1) is 5.82 Å². The highest BCUT2D eigenvalue weighted by atomic mass is 19.1. The zero-order valence-corrected chi connectivity index (χ0v) is 12.1. The minimum Gasteiger partial charge on any atom is -0.426 e. The second-order valence-corrected chi connectivity index (χ2v) is 4.72. The van der Waals surface area contributed by atoms with Crippen LogP contribution in [0.1, 0.15) is 22.8 Å². The summed E-state index contributed by atoms with van der Waals surface area (Å²) in [5.74, 6) is -0.858. The van der Waals surface area contributed by atoms with Crippen molar-refractivity contribution in [3.8, 4) is 5.75 Å². The van der Waals surface area contributed by atoms with Gasteiger partial charge in [0.1, 0.15) is 11.6 Å². The van der Waals surface area contributed by atoms with Gasteiger partial charge in [0.05, 0.1) is 5.56 Å². The number of carbonyl (C=O) groups excluding carboxylic acids is 2. The van der Waals surface area contributed by atoms with E-state index < -0.39 is 5.97 Å². The Kier molecular flexibility index (Phi) is 5.25. The van der Waals surface area contributed by atoms with E-state index in [1.807, 2.05) is 0 Å². The van der Waals surface area contributed by atoms with E-state index in [2.05, 4.69) is 5.32 Å². The topological polar surface area (TPSA) is 55.4 Å². The summed E-state index contributed by atoms with van der Waals surface area (Å²) in [6, 6.07) is 12.7. The van der Waals surface area contributed by atoms with E-state index in [0.717, 1.165) is 5.56 Å². The van der Waals surface area contributed by atoms with Crippen molar-refractivity contribution in [3.05, 3.63) is 65.5 Å². The summed E-state index contributed by atoms with van der Waals surface area (Å²) < 4.78 is 17.8. The molecule has 0 aliphatic carbocycles. The van der Waals surface area contributed by atoms with Crippen molar-refractivity contribution in [2.45, 2.75) is 13.3 Å². The van der Waals surface area contributed by atoms with Crippen LogP contribution < -0.4 is 10.1 Å². The van der Waals surface area contributed by atoms with Gasteiger partial charge in [-0.25, -0.2) is 4.39 Å². The molecule has 0 saturated heterocycles. The molecule has 0 saturated carbocycles. The molecular weight excluding hydrogens is 285 g/mol.